The number of likely N-dealkylation sites (N-methyl/N-ethyl adjacent to an activating group) is 1. The Morgan fingerprint density at radius 2 is 1.81 bits per heavy atom. The lowest BCUT2D eigenvalue weighted by atomic mass is 10.1. The molecule has 0 aliphatic rings. The molecule has 4 rings (SSSR count). The van der Waals surface area contributed by atoms with E-state index in [2.05, 4.69) is 10.3 Å². The number of halogens is 1. The van der Waals surface area contributed by atoms with Crippen molar-refractivity contribution in [2.24, 2.45) is 0 Å². The fourth-order valence-corrected chi connectivity index (χ4v) is 4.47. The molecule has 220 valence electrons. The number of fused-ring (bicyclic) bond motifs is 1. The van der Waals surface area contributed by atoms with Gasteiger partial charge in [0.1, 0.15) is 23.5 Å². The smallest absolute Gasteiger partial charge is 0.409 e. The summed E-state index contributed by atoms with van der Waals surface area (Å²) in [4.78, 5) is 45.1. The molecule has 42 heavy (non-hydrogen) atoms. The summed E-state index contributed by atoms with van der Waals surface area (Å²) in [6.45, 7) is 2.05. The molecule has 2 amide bonds. The summed E-state index contributed by atoms with van der Waals surface area (Å²) < 4.78 is 25.1. The third kappa shape index (κ3) is 7.29. The zero-order valence-electron chi connectivity index (χ0n) is 23.7. The number of hydrogen-bond donors (Lipinski definition) is 2. The van der Waals surface area contributed by atoms with Gasteiger partial charge in [-0.1, -0.05) is 42.5 Å². The van der Waals surface area contributed by atoms with Crippen LogP contribution in [-0.2, 0) is 29.0 Å². The van der Waals surface area contributed by atoms with Crippen LogP contribution in [0.4, 0.5) is 9.18 Å². The first-order valence-electron chi connectivity index (χ1n) is 13.4. The summed E-state index contributed by atoms with van der Waals surface area (Å²) in [5, 5.41) is 13.7. The first kappa shape index (κ1) is 30.2. The Bertz CT molecular complexity index is 1610. The number of nitrogens with zero attached hydrogens (tertiary/aromatic N) is 3. The average molecular weight is 577 g/mol. The summed E-state index contributed by atoms with van der Waals surface area (Å²) in [7, 11) is 3.02. The number of nitrogens with one attached hydrogen (secondary N) is 1. The topological polar surface area (TPSA) is 123 Å². The van der Waals surface area contributed by atoms with Gasteiger partial charge in [0.05, 0.1) is 12.1 Å². The number of aromatic nitrogens is 2. The molecule has 0 spiro atoms. The van der Waals surface area contributed by atoms with Crippen LogP contribution in [-0.4, -0.2) is 64.9 Å². The standard InChI is InChI=1S/C31H33FN4O6/c1-20(18-41-3)34-29(38)26-28(37)27-25(16-23(17-33-27)15-21-9-11-24(32)12-10-21)36(30(26)39)14-13-35(2)31(40)42-19-22-7-5-4-6-8-22/h4-12,16-17,20,37H,13-15,18-19H2,1-3H3,(H,34,38). The van der Waals surface area contributed by atoms with Crippen LogP contribution in [0.3, 0.4) is 0 Å². The molecule has 0 radical (unpaired) electrons. The summed E-state index contributed by atoms with van der Waals surface area (Å²) in [6.07, 6.45) is 1.33. The van der Waals surface area contributed by atoms with Gasteiger partial charge < -0.3 is 29.4 Å². The Balaban J connectivity index is 1.65. The molecule has 0 bridgehead atoms. The van der Waals surface area contributed by atoms with Crippen molar-refractivity contribution in [3.8, 4) is 5.75 Å². The number of pyridine rings is 2. The highest BCUT2D eigenvalue weighted by Crippen LogP contribution is 2.26. The molecule has 1 atom stereocenters. The molecule has 10 nitrogen and oxygen atoms in total. The van der Waals surface area contributed by atoms with E-state index < -0.39 is 34.9 Å². The second-order valence-electron chi connectivity index (χ2n) is 9.99. The molecule has 2 heterocycles. The molecule has 0 saturated carbocycles. The molecular weight excluding hydrogens is 543 g/mol. The predicted octanol–water partition coefficient (Wildman–Crippen LogP) is 3.87. The van der Waals surface area contributed by atoms with Crippen LogP contribution < -0.4 is 10.9 Å². The molecular formula is C31H33FN4O6. The van der Waals surface area contributed by atoms with Gasteiger partial charge in [0.2, 0.25) is 0 Å². The Kier molecular flexibility index (Phi) is 9.87. The lowest BCUT2D eigenvalue weighted by Crippen LogP contribution is -2.40. The minimum absolute atomic E-state index is 0.0118. The van der Waals surface area contributed by atoms with Gasteiger partial charge in [0.15, 0.2) is 5.75 Å². The van der Waals surface area contributed by atoms with E-state index in [1.54, 1.807) is 32.2 Å². The van der Waals surface area contributed by atoms with E-state index in [1.807, 2.05) is 30.3 Å². The average Bonchev–Trinajstić information content (AvgIpc) is 2.97. The largest absolute Gasteiger partial charge is 0.505 e. The van der Waals surface area contributed by atoms with Crippen molar-refractivity contribution >= 4 is 23.0 Å². The number of benzene rings is 2. The highest BCUT2D eigenvalue weighted by atomic mass is 19.1. The van der Waals surface area contributed by atoms with Crippen molar-refractivity contribution in [1.29, 1.82) is 0 Å². The number of aromatic hydroxyl groups is 1. The number of methoxy groups -OCH3 is 1. The number of carbonyl (C=O) groups is 2. The lowest BCUT2D eigenvalue weighted by molar-refractivity contribution is 0.0899. The second kappa shape index (κ2) is 13.7. The van der Waals surface area contributed by atoms with Crippen LogP contribution in [0.5, 0.6) is 5.75 Å². The van der Waals surface area contributed by atoms with E-state index in [0.29, 0.717) is 12.0 Å². The minimum atomic E-state index is -0.773. The first-order valence-corrected chi connectivity index (χ1v) is 13.4. The molecule has 0 saturated heterocycles. The Hall–Kier alpha value is -4.77. The quantitative estimate of drug-likeness (QED) is 0.278. The van der Waals surface area contributed by atoms with Gasteiger partial charge in [-0.15, -0.1) is 0 Å². The van der Waals surface area contributed by atoms with Gasteiger partial charge in [0.25, 0.3) is 11.5 Å². The fourth-order valence-electron chi connectivity index (χ4n) is 4.47. The predicted molar refractivity (Wildman–Crippen MR) is 155 cm³/mol. The van der Waals surface area contributed by atoms with Crippen LogP contribution in [0.15, 0.2) is 71.7 Å². The van der Waals surface area contributed by atoms with Crippen molar-refractivity contribution in [2.75, 3.05) is 27.3 Å². The second-order valence-corrected chi connectivity index (χ2v) is 9.99. The van der Waals surface area contributed by atoms with Crippen molar-refractivity contribution in [3.05, 3.63) is 105 Å². The molecule has 0 fully saturated rings. The van der Waals surface area contributed by atoms with E-state index in [9.17, 15) is 23.9 Å². The van der Waals surface area contributed by atoms with Crippen LogP contribution in [0.25, 0.3) is 11.0 Å². The molecule has 1 unspecified atom stereocenters. The number of ether oxygens (including phenoxy) is 2. The number of rotatable bonds is 11. The highest BCUT2D eigenvalue weighted by Gasteiger charge is 2.25. The third-order valence-corrected chi connectivity index (χ3v) is 6.65. The molecule has 0 aliphatic carbocycles. The molecule has 2 aromatic carbocycles. The molecule has 11 heteroatoms. The summed E-state index contributed by atoms with van der Waals surface area (Å²) in [6, 6.07) is 16.5. The van der Waals surface area contributed by atoms with Gasteiger partial charge >= 0.3 is 6.09 Å². The van der Waals surface area contributed by atoms with Gasteiger partial charge in [-0.3, -0.25) is 14.6 Å². The van der Waals surface area contributed by atoms with Crippen molar-refractivity contribution in [2.45, 2.75) is 32.5 Å². The molecule has 2 aromatic heterocycles. The van der Waals surface area contributed by atoms with Gasteiger partial charge in [0, 0.05) is 39.5 Å². The van der Waals surface area contributed by atoms with Crippen molar-refractivity contribution in [3.63, 3.8) is 0 Å². The van der Waals surface area contributed by atoms with E-state index in [4.69, 9.17) is 9.47 Å². The molecule has 4 aromatic rings. The first-order chi connectivity index (χ1) is 20.2. The van der Waals surface area contributed by atoms with Crippen molar-refractivity contribution in [1.82, 2.24) is 19.8 Å². The minimum Gasteiger partial charge on any atom is -0.505 e. The van der Waals surface area contributed by atoms with Crippen LogP contribution in [0.1, 0.15) is 34.0 Å². The van der Waals surface area contributed by atoms with Crippen molar-refractivity contribution < 1.29 is 28.6 Å². The van der Waals surface area contributed by atoms with Gasteiger partial charge in [-0.05, 0) is 48.2 Å². The Morgan fingerprint density at radius 1 is 1.10 bits per heavy atom. The maximum atomic E-state index is 13.7. The van der Waals surface area contributed by atoms with Gasteiger partial charge in [-0.25, -0.2) is 9.18 Å². The normalized spacial score (nSPS) is 11.7. The Labute approximate surface area is 242 Å². The number of carbonyl (C=O) groups excluding carboxylic acids is 2. The number of hydrogen-bond acceptors (Lipinski definition) is 7. The zero-order valence-corrected chi connectivity index (χ0v) is 23.7. The SMILES string of the molecule is COCC(C)NC(=O)c1c(O)c2ncc(Cc3ccc(F)cc3)cc2n(CCN(C)C(=O)OCc2ccccc2)c1=O. The van der Waals surface area contributed by atoms with Crippen LogP contribution >= 0.6 is 0 Å². The summed E-state index contributed by atoms with van der Waals surface area (Å²) >= 11 is 0. The summed E-state index contributed by atoms with van der Waals surface area (Å²) in [5.74, 6) is -1.67. The van der Waals surface area contributed by atoms with E-state index in [0.717, 1.165) is 11.1 Å². The highest BCUT2D eigenvalue weighted by molar-refractivity contribution is 6.01. The van der Waals surface area contributed by atoms with Crippen LogP contribution in [0, 0.1) is 5.82 Å². The Morgan fingerprint density at radius 3 is 2.50 bits per heavy atom. The fraction of sp³-hybridized carbons (Fsp3) is 0.290. The van der Waals surface area contributed by atoms with E-state index in [-0.39, 0.29) is 43.2 Å². The number of amides is 2. The maximum absolute atomic E-state index is 13.7. The van der Waals surface area contributed by atoms with Crippen LogP contribution in [0.2, 0.25) is 0 Å². The van der Waals surface area contributed by atoms with E-state index in [1.165, 1.54) is 34.9 Å². The van der Waals surface area contributed by atoms with Gasteiger partial charge in [-0.2, -0.15) is 0 Å². The van der Waals surface area contributed by atoms with E-state index >= 15 is 0 Å². The third-order valence-electron chi connectivity index (χ3n) is 6.65. The monoisotopic (exact) mass is 576 g/mol. The molecule has 0 aliphatic heterocycles. The maximum Gasteiger partial charge on any atom is 0.409 e. The lowest BCUT2D eigenvalue weighted by Gasteiger charge is -2.20. The zero-order chi connectivity index (χ0) is 30.2. The molecule has 2 N–H and O–H groups in total. The summed E-state index contributed by atoms with van der Waals surface area (Å²) in [5.41, 5.74) is 1.48.